The number of aliphatic carboxylic acids is 1. The minimum atomic E-state index is -0.887. The molecule has 2 unspecified atom stereocenters. The van der Waals surface area contributed by atoms with Crippen LogP contribution in [0.1, 0.15) is 36.6 Å². The summed E-state index contributed by atoms with van der Waals surface area (Å²) < 4.78 is 0. The molecule has 0 aromatic heterocycles. The lowest BCUT2D eigenvalue weighted by molar-refractivity contribution is -0.140. The second-order valence-electron chi connectivity index (χ2n) is 5.33. The molecule has 1 aromatic rings. The second kappa shape index (κ2) is 6.68. The van der Waals surface area contributed by atoms with Gasteiger partial charge < -0.3 is 15.5 Å². The number of hydrogen-bond donors (Lipinski definition) is 3. The van der Waals surface area contributed by atoms with Crippen LogP contribution in [0.5, 0.6) is 0 Å². The average Bonchev–Trinajstić information content (AvgIpc) is 2.31. The quantitative estimate of drug-likeness (QED) is 0.736. The highest BCUT2D eigenvalue weighted by molar-refractivity contribution is 5.73. The van der Waals surface area contributed by atoms with Gasteiger partial charge in [0.25, 0.3) is 0 Å². The summed E-state index contributed by atoms with van der Waals surface area (Å²) in [7, 11) is 0. The molecule has 0 fully saturated rings. The first kappa shape index (κ1) is 15.7. The summed E-state index contributed by atoms with van der Waals surface area (Å²) in [5.74, 6) is -0.910. The van der Waals surface area contributed by atoms with Gasteiger partial charge in [0.1, 0.15) is 6.04 Å². The van der Waals surface area contributed by atoms with E-state index in [0.29, 0.717) is 0 Å². The van der Waals surface area contributed by atoms with Crippen LogP contribution in [-0.4, -0.2) is 28.8 Å². The molecule has 4 nitrogen and oxygen atoms in total. The Morgan fingerprint density at radius 2 is 1.89 bits per heavy atom. The Bertz CT molecular complexity index is 443. The molecule has 0 radical (unpaired) electrons. The van der Waals surface area contributed by atoms with Gasteiger partial charge in [-0.3, -0.25) is 4.79 Å². The number of aliphatic hydroxyl groups is 1. The molecule has 0 saturated carbocycles. The van der Waals surface area contributed by atoms with Gasteiger partial charge in [-0.1, -0.05) is 32.0 Å². The lowest BCUT2D eigenvalue weighted by Crippen LogP contribution is -2.42. The SMILES string of the molecule is Cc1ccc(C(O)CNC(C(=O)O)C(C)C)cc1C. The largest absolute Gasteiger partial charge is 0.480 e. The number of aliphatic hydroxyl groups excluding tert-OH is 1. The van der Waals surface area contributed by atoms with Crippen LogP contribution in [0.2, 0.25) is 0 Å². The van der Waals surface area contributed by atoms with Crippen LogP contribution >= 0.6 is 0 Å². The molecule has 0 aliphatic heterocycles. The van der Waals surface area contributed by atoms with Gasteiger partial charge in [-0.05, 0) is 36.5 Å². The van der Waals surface area contributed by atoms with Crippen molar-refractivity contribution in [1.82, 2.24) is 5.32 Å². The number of rotatable bonds is 6. The van der Waals surface area contributed by atoms with Crippen molar-refractivity contribution in [3.05, 3.63) is 34.9 Å². The van der Waals surface area contributed by atoms with E-state index in [1.54, 1.807) is 0 Å². The fraction of sp³-hybridized carbons (Fsp3) is 0.533. The lowest BCUT2D eigenvalue weighted by atomic mass is 10.0. The van der Waals surface area contributed by atoms with Gasteiger partial charge in [0.2, 0.25) is 0 Å². The fourth-order valence-corrected chi connectivity index (χ4v) is 1.94. The predicted octanol–water partition coefficient (Wildman–Crippen LogP) is 2.04. The molecule has 0 aliphatic rings. The van der Waals surface area contributed by atoms with Crippen LogP contribution in [0.3, 0.4) is 0 Å². The van der Waals surface area contributed by atoms with Crippen LogP contribution in [0.4, 0.5) is 0 Å². The van der Waals surface area contributed by atoms with E-state index in [1.807, 2.05) is 45.9 Å². The van der Waals surface area contributed by atoms with E-state index < -0.39 is 18.1 Å². The molecule has 4 heteroatoms. The van der Waals surface area contributed by atoms with E-state index in [2.05, 4.69) is 5.32 Å². The number of carbonyl (C=O) groups is 1. The predicted molar refractivity (Wildman–Crippen MR) is 75.1 cm³/mol. The first-order chi connectivity index (χ1) is 8.82. The highest BCUT2D eigenvalue weighted by atomic mass is 16.4. The zero-order chi connectivity index (χ0) is 14.6. The van der Waals surface area contributed by atoms with Crippen molar-refractivity contribution >= 4 is 5.97 Å². The highest BCUT2D eigenvalue weighted by Crippen LogP contribution is 2.17. The van der Waals surface area contributed by atoms with Crippen LogP contribution in [0.25, 0.3) is 0 Å². The molecule has 0 aliphatic carbocycles. The molecule has 2 atom stereocenters. The van der Waals surface area contributed by atoms with E-state index in [0.717, 1.165) is 11.1 Å². The number of carboxylic acid groups (broad SMARTS) is 1. The van der Waals surface area contributed by atoms with Gasteiger partial charge >= 0.3 is 5.97 Å². The van der Waals surface area contributed by atoms with E-state index in [9.17, 15) is 9.90 Å². The van der Waals surface area contributed by atoms with Crippen molar-refractivity contribution in [3.63, 3.8) is 0 Å². The Labute approximate surface area is 114 Å². The highest BCUT2D eigenvalue weighted by Gasteiger charge is 2.22. The number of hydrogen-bond acceptors (Lipinski definition) is 3. The molecule has 0 saturated heterocycles. The lowest BCUT2D eigenvalue weighted by Gasteiger charge is -2.20. The molecule has 0 heterocycles. The molecule has 0 amide bonds. The Balaban J connectivity index is 2.66. The number of carboxylic acids is 1. The van der Waals surface area contributed by atoms with Crippen molar-refractivity contribution < 1.29 is 15.0 Å². The van der Waals surface area contributed by atoms with Gasteiger partial charge in [-0.15, -0.1) is 0 Å². The Morgan fingerprint density at radius 3 is 2.37 bits per heavy atom. The molecule has 0 spiro atoms. The van der Waals surface area contributed by atoms with Crippen molar-refractivity contribution in [2.75, 3.05) is 6.54 Å². The zero-order valence-corrected chi connectivity index (χ0v) is 12.0. The van der Waals surface area contributed by atoms with Gasteiger partial charge in [0.15, 0.2) is 0 Å². The molecule has 106 valence electrons. The number of aryl methyl sites for hydroxylation is 2. The number of benzene rings is 1. The summed E-state index contributed by atoms with van der Waals surface area (Å²) in [6.07, 6.45) is -0.695. The standard InChI is InChI=1S/C15H23NO3/c1-9(2)14(15(18)19)16-8-13(17)12-6-5-10(3)11(4)7-12/h5-7,9,13-14,16-17H,8H2,1-4H3,(H,18,19). The third kappa shape index (κ3) is 4.33. The molecule has 1 aromatic carbocycles. The first-order valence-electron chi connectivity index (χ1n) is 6.54. The third-order valence-corrected chi connectivity index (χ3v) is 3.38. The van der Waals surface area contributed by atoms with Crippen LogP contribution < -0.4 is 5.32 Å². The second-order valence-corrected chi connectivity index (χ2v) is 5.33. The van der Waals surface area contributed by atoms with E-state index >= 15 is 0 Å². The summed E-state index contributed by atoms with van der Waals surface area (Å²) in [6, 6.07) is 5.14. The topological polar surface area (TPSA) is 69.6 Å². The first-order valence-corrected chi connectivity index (χ1v) is 6.54. The van der Waals surface area contributed by atoms with Crippen molar-refractivity contribution in [1.29, 1.82) is 0 Å². The van der Waals surface area contributed by atoms with Crippen molar-refractivity contribution in [2.45, 2.75) is 39.8 Å². The zero-order valence-electron chi connectivity index (χ0n) is 12.0. The Kier molecular flexibility index (Phi) is 5.51. The minimum absolute atomic E-state index is 0.0237. The maximum atomic E-state index is 11.0. The fourth-order valence-electron chi connectivity index (χ4n) is 1.94. The van der Waals surface area contributed by atoms with E-state index in [4.69, 9.17) is 5.11 Å². The summed E-state index contributed by atoms with van der Waals surface area (Å²) in [5.41, 5.74) is 3.10. The Hall–Kier alpha value is -1.39. The normalized spacial score (nSPS) is 14.4. The van der Waals surface area contributed by atoms with Crippen LogP contribution in [-0.2, 0) is 4.79 Å². The van der Waals surface area contributed by atoms with Gasteiger partial charge in [0.05, 0.1) is 6.10 Å². The van der Waals surface area contributed by atoms with Crippen LogP contribution in [0.15, 0.2) is 18.2 Å². The van der Waals surface area contributed by atoms with E-state index in [-0.39, 0.29) is 12.5 Å². The molecule has 1 rings (SSSR count). The Morgan fingerprint density at radius 1 is 1.26 bits per heavy atom. The van der Waals surface area contributed by atoms with Crippen molar-refractivity contribution in [2.24, 2.45) is 5.92 Å². The maximum Gasteiger partial charge on any atom is 0.320 e. The maximum absolute atomic E-state index is 11.0. The van der Waals surface area contributed by atoms with Crippen molar-refractivity contribution in [3.8, 4) is 0 Å². The van der Waals surface area contributed by atoms with Gasteiger partial charge in [0, 0.05) is 6.54 Å². The molecular formula is C15H23NO3. The number of nitrogens with one attached hydrogen (secondary N) is 1. The molecule has 3 N–H and O–H groups in total. The van der Waals surface area contributed by atoms with Crippen LogP contribution in [0, 0.1) is 19.8 Å². The summed E-state index contributed by atoms with van der Waals surface area (Å²) in [5, 5.41) is 22.1. The van der Waals surface area contributed by atoms with E-state index in [1.165, 1.54) is 5.56 Å². The van der Waals surface area contributed by atoms with Gasteiger partial charge in [-0.2, -0.15) is 0 Å². The van der Waals surface area contributed by atoms with Gasteiger partial charge in [-0.25, -0.2) is 0 Å². The molecule has 0 bridgehead atoms. The summed E-state index contributed by atoms with van der Waals surface area (Å²) in [4.78, 5) is 11.0. The monoisotopic (exact) mass is 265 g/mol. The third-order valence-electron chi connectivity index (χ3n) is 3.38. The molecule has 19 heavy (non-hydrogen) atoms. The smallest absolute Gasteiger partial charge is 0.320 e. The summed E-state index contributed by atoms with van der Waals surface area (Å²) in [6.45, 7) is 7.93. The average molecular weight is 265 g/mol. The molecular weight excluding hydrogens is 242 g/mol. The minimum Gasteiger partial charge on any atom is -0.480 e. The summed E-state index contributed by atoms with van der Waals surface area (Å²) >= 11 is 0.